The van der Waals surface area contributed by atoms with Crippen LogP contribution in [-0.2, 0) is 0 Å². The van der Waals surface area contributed by atoms with Crippen LogP contribution in [0.1, 0.15) is 0 Å². The smallest absolute Gasteiger partial charge is 0.150 e. The SMILES string of the molecule is CN(C)CCN(C)c1nc(Cl)c(Cl)cc1Cl. The van der Waals surface area contributed by atoms with E-state index in [4.69, 9.17) is 34.8 Å². The maximum absolute atomic E-state index is 6.05. The summed E-state index contributed by atoms with van der Waals surface area (Å²) in [5.41, 5.74) is 0. The lowest BCUT2D eigenvalue weighted by atomic mass is 10.4. The number of anilines is 1. The molecule has 3 nitrogen and oxygen atoms in total. The number of nitrogens with zero attached hydrogens (tertiary/aromatic N) is 3. The normalized spacial score (nSPS) is 10.9. The third-order valence-electron chi connectivity index (χ3n) is 2.11. The van der Waals surface area contributed by atoms with E-state index in [2.05, 4.69) is 9.88 Å². The number of rotatable bonds is 4. The van der Waals surface area contributed by atoms with Crippen molar-refractivity contribution < 1.29 is 0 Å². The fourth-order valence-corrected chi connectivity index (χ4v) is 1.80. The highest BCUT2D eigenvalue weighted by molar-refractivity contribution is 6.42. The van der Waals surface area contributed by atoms with E-state index in [1.54, 1.807) is 6.07 Å². The monoisotopic (exact) mass is 281 g/mol. The average molecular weight is 283 g/mol. The van der Waals surface area contributed by atoms with Crippen molar-refractivity contribution >= 4 is 40.6 Å². The van der Waals surface area contributed by atoms with Gasteiger partial charge in [0.1, 0.15) is 11.0 Å². The molecule has 0 bridgehead atoms. The fraction of sp³-hybridized carbons (Fsp3) is 0.500. The predicted molar refractivity (Wildman–Crippen MR) is 71.1 cm³/mol. The van der Waals surface area contributed by atoms with Gasteiger partial charge in [0, 0.05) is 20.1 Å². The molecule has 0 aliphatic carbocycles. The van der Waals surface area contributed by atoms with Crippen LogP contribution in [-0.4, -0.2) is 44.1 Å². The maximum atomic E-state index is 6.05. The van der Waals surface area contributed by atoms with Crippen molar-refractivity contribution in [1.82, 2.24) is 9.88 Å². The molecule has 0 atom stereocenters. The number of pyridine rings is 1. The molecule has 0 amide bonds. The van der Waals surface area contributed by atoms with E-state index in [1.165, 1.54) is 0 Å². The molecule has 0 saturated heterocycles. The van der Waals surface area contributed by atoms with E-state index in [0.717, 1.165) is 13.1 Å². The summed E-state index contributed by atoms with van der Waals surface area (Å²) in [4.78, 5) is 8.19. The molecule has 1 heterocycles. The molecule has 1 rings (SSSR count). The van der Waals surface area contributed by atoms with Crippen LogP contribution in [0.3, 0.4) is 0 Å². The van der Waals surface area contributed by atoms with E-state index in [9.17, 15) is 0 Å². The molecule has 0 spiro atoms. The minimum Gasteiger partial charge on any atom is -0.357 e. The highest BCUT2D eigenvalue weighted by Gasteiger charge is 2.11. The van der Waals surface area contributed by atoms with Gasteiger partial charge in [-0.15, -0.1) is 0 Å². The van der Waals surface area contributed by atoms with E-state index >= 15 is 0 Å². The molecule has 0 unspecified atom stereocenters. The summed E-state index contributed by atoms with van der Waals surface area (Å²) in [6.45, 7) is 1.73. The lowest BCUT2D eigenvalue weighted by Crippen LogP contribution is -2.29. The van der Waals surface area contributed by atoms with Crippen molar-refractivity contribution in [3.63, 3.8) is 0 Å². The number of aromatic nitrogens is 1. The Bertz CT molecular complexity index is 369. The minimum atomic E-state index is 0.276. The molecular formula is C10H14Cl3N3. The Kier molecular flexibility index (Phi) is 5.12. The molecule has 90 valence electrons. The Hall–Kier alpha value is -0.220. The second kappa shape index (κ2) is 5.92. The number of halogens is 3. The molecule has 0 N–H and O–H groups in total. The van der Waals surface area contributed by atoms with Crippen LogP contribution in [0.25, 0.3) is 0 Å². The van der Waals surface area contributed by atoms with Gasteiger partial charge in [-0.1, -0.05) is 34.8 Å². The maximum Gasteiger partial charge on any atom is 0.150 e. The van der Waals surface area contributed by atoms with Crippen LogP contribution in [0.5, 0.6) is 0 Å². The molecule has 16 heavy (non-hydrogen) atoms. The molecule has 1 aromatic heterocycles. The third kappa shape index (κ3) is 3.67. The van der Waals surface area contributed by atoms with Crippen LogP contribution in [0.2, 0.25) is 15.2 Å². The van der Waals surface area contributed by atoms with Gasteiger partial charge in [0.25, 0.3) is 0 Å². The molecule has 0 aromatic carbocycles. The summed E-state index contributed by atoms with van der Waals surface area (Å²) in [7, 11) is 5.94. The first-order valence-corrected chi connectivity index (χ1v) is 5.92. The van der Waals surface area contributed by atoms with Crippen molar-refractivity contribution in [2.45, 2.75) is 0 Å². The number of hydrogen-bond donors (Lipinski definition) is 0. The molecule has 0 aliphatic heterocycles. The lowest BCUT2D eigenvalue weighted by Gasteiger charge is -2.21. The lowest BCUT2D eigenvalue weighted by molar-refractivity contribution is 0.416. The fourth-order valence-electron chi connectivity index (χ4n) is 1.16. The average Bonchev–Trinajstić information content (AvgIpc) is 2.20. The Balaban J connectivity index is 2.82. The standard InChI is InChI=1S/C10H14Cl3N3/c1-15(2)4-5-16(3)10-8(12)6-7(11)9(13)14-10/h6H,4-5H2,1-3H3. The summed E-state index contributed by atoms with van der Waals surface area (Å²) >= 11 is 17.7. The highest BCUT2D eigenvalue weighted by Crippen LogP contribution is 2.30. The number of hydrogen-bond acceptors (Lipinski definition) is 3. The predicted octanol–water partition coefficient (Wildman–Crippen LogP) is 3.04. The zero-order valence-corrected chi connectivity index (χ0v) is 11.7. The van der Waals surface area contributed by atoms with Gasteiger partial charge in [-0.3, -0.25) is 0 Å². The second-order valence-corrected chi connectivity index (χ2v) is 4.96. The largest absolute Gasteiger partial charge is 0.357 e. The van der Waals surface area contributed by atoms with Crippen LogP contribution in [0, 0.1) is 0 Å². The first kappa shape index (κ1) is 13.8. The Morgan fingerprint density at radius 3 is 2.25 bits per heavy atom. The molecule has 0 aliphatic rings. The van der Waals surface area contributed by atoms with Gasteiger partial charge in [0.15, 0.2) is 0 Å². The van der Waals surface area contributed by atoms with Gasteiger partial charge in [-0.05, 0) is 20.2 Å². The van der Waals surface area contributed by atoms with Gasteiger partial charge in [-0.2, -0.15) is 0 Å². The van der Waals surface area contributed by atoms with Gasteiger partial charge in [-0.25, -0.2) is 4.98 Å². The summed E-state index contributed by atoms with van der Waals surface area (Å²) < 4.78 is 0. The van der Waals surface area contributed by atoms with Crippen molar-refractivity contribution in [1.29, 1.82) is 0 Å². The Labute approximate surface area is 111 Å². The van der Waals surface area contributed by atoms with Gasteiger partial charge in [0.05, 0.1) is 10.0 Å². The minimum absolute atomic E-state index is 0.276. The zero-order valence-electron chi connectivity index (χ0n) is 9.47. The summed E-state index contributed by atoms with van der Waals surface area (Å²) in [5, 5.41) is 1.16. The molecular weight excluding hydrogens is 268 g/mol. The molecule has 0 fully saturated rings. The zero-order chi connectivity index (χ0) is 12.3. The molecule has 1 aromatic rings. The second-order valence-electron chi connectivity index (χ2n) is 3.79. The summed E-state index contributed by atoms with van der Waals surface area (Å²) in [5.74, 6) is 0.651. The topological polar surface area (TPSA) is 19.4 Å². The van der Waals surface area contributed by atoms with Crippen LogP contribution in [0.15, 0.2) is 6.07 Å². The van der Waals surface area contributed by atoms with Crippen molar-refractivity contribution in [3.05, 3.63) is 21.3 Å². The van der Waals surface area contributed by atoms with E-state index in [1.807, 2.05) is 26.0 Å². The number of likely N-dealkylation sites (N-methyl/N-ethyl adjacent to an activating group) is 2. The summed E-state index contributed by atoms with van der Waals surface area (Å²) in [6, 6.07) is 1.61. The molecule has 0 saturated carbocycles. The van der Waals surface area contributed by atoms with Crippen LogP contribution < -0.4 is 4.90 Å². The first-order valence-electron chi connectivity index (χ1n) is 4.79. The van der Waals surface area contributed by atoms with Crippen molar-refractivity contribution in [2.24, 2.45) is 0 Å². The first-order chi connectivity index (χ1) is 7.41. The Morgan fingerprint density at radius 1 is 1.06 bits per heavy atom. The van der Waals surface area contributed by atoms with Crippen molar-refractivity contribution in [2.75, 3.05) is 39.1 Å². The summed E-state index contributed by atoms with van der Waals surface area (Å²) in [6.07, 6.45) is 0. The van der Waals surface area contributed by atoms with Gasteiger partial charge >= 0.3 is 0 Å². The quantitative estimate of drug-likeness (QED) is 0.791. The van der Waals surface area contributed by atoms with Crippen molar-refractivity contribution in [3.8, 4) is 0 Å². The van der Waals surface area contributed by atoms with Crippen LogP contribution >= 0.6 is 34.8 Å². The highest BCUT2D eigenvalue weighted by atomic mass is 35.5. The van der Waals surface area contributed by atoms with E-state index < -0.39 is 0 Å². The van der Waals surface area contributed by atoms with E-state index in [0.29, 0.717) is 15.9 Å². The molecule has 0 radical (unpaired) electrons. The molecule has 6 heteroatoms. The van der Waals surface area contributed by atoms with E-state index in [-0.39, 0.29) is 5.15 Å². The van der Waals surface area contributed by atoms with Gasteiger partial charge in [0.2, 0.25) is 0 Å². The van der Waals surface area contributed by atoms with Gasteiger partial charge < -0.3 is 9.80 Å². The third-order valence-corrected chi connectivity index (χ3v) is 3.06. The Morgan fingerprint density at radius 2 is 1.69 bits per heavy atom. The van der Waals surface area contributed by atoms with Crippen LogP contribution in [0.4, 0.5) is 5.82 Å².